The molecular weight excluding hydrogens is 348 g/mol. The number of fused-ring (bicyclic) bond motifs is 1. The first-order valence-corrected chi connectivity index (χ1v) is 9.77. The summed E-state index contributed by atoms with van der Waals surface area (Å²) >= 11 is 1.44. The van der Waals surface area contributed by atoms with Gasteiger partial charge in [-0.15, -0.1) is 10.2 Å². The molecule has 4 rings (SSSR count). The average molecular weight is 370 g/mol. The SMILES string of the molecule is CCc1nnc(NC(=O)[C@@H]2CCCN(c3nc4ccccc4n3C)C2)s1. The number of nitrogens with one attached hydrogen (secondary N) is 1. The molecule has 0 aliphatic carbocycles. The van der Waals surface area contributed by atoms with Crippen molar-refractivity contribution in [3.8, 4) is 0 Å². The van der Waals surface area contributed by atoms with Gasteiger partial charge in [-0.05, 0) is 31.4 Å². The van der Waals surface area contributed by atoms with Crippen LogP contribution in [0.4, 0.5) is 11.1 Å². The summed E-state index contributed by atoms with van der Waals surface area (Å²) in [5.74, 6) is 0.873. The standard InChI is InChI=1S/C18H22N6OS/c1-3-15-21-22-17(26-15)20-16(25)12-7-6-10-24(11-12)18-19-13-8-4-5-9-14(13)23(18)2/h4-5,8-9,12H,3,6-7,10-11H2,1-2H3,(H,20,22,25)/t12-/m1/s1. The molecule has 8 heteroatoms. The predicted molar refractivity (Wildman–Crippen MR) is 104 cm³/mol. The summed E-state index contributed by atoms with van der Waals surface area (Å²) in [5, 5.41) is 12.6. The highest BCUT2D eigenvalue weighted by atomic mass is 32.1. The van der Waals surface area contributed by atoms with Crippen LogP contribution in [0, 0.1) is 5.92 Å². The van der Waals surface area contributed by atoms with Gasteiger partial charge in [-0.3, -0.25) is 4.79 Å². The Morgan fingerprint density at radius 1 is 1.35 bits per heavy atom. The van der Waals surface area contributed by atoms with Crippen LogP contribution in [0.25, 0.3) is 11.0 Å². The van der Waals surface area contributed by atoms with E-state index in [4.69, 9.17) is 4.98 Å². The van der Waals surface area contributed by atoms with Gasteiger partial charge >= 0.3 is 0 Å². The Labute approximate surface area is 156 Å². The van der Waals surface area contributed by atoms with Crippen LogP contribution in [-0.2, 0) is 18.3 Å². The first-order valence-electron chi connectivity index (χ1n) is 8.95. The number of rotatable bonds is 4. The molecule has 7 nitrogen and oxygen atoms in total. The Balaban J connectivity index is 1.49. The summed E-state index contributed by atoms with van der Waals surface area (Å²) in [6.07, 6.45) is 2.68. The number of nitrogens with zero attached hydrogens (tertiary/aromatic N) is 5. The lowest BCUT2D eigenvalue weighted by molar-refractivity contribution is -0.120. The highest BCUT2D eigenvalue weighted by Crippen LogP contribution is 2.27. The topological polar surface area (TPSA) is 75.9 Å². The molecule has 26 heavy (non-hydrogen) atoms. The molecule has 1 atom stereocenters. The molecule has 0 radical (unpaired) electrons. The third kappa shape index (κ3) is 3.16. The number of piperidine rings is 1. The van der Waals surface area contributed by atoms with Crippen molar-refractivity contribution in [3.05, 3.63) is 29.3 Å². The van der Waals surface area contributed by atoms with Crippen molar-refractivity contribution in [1.82, 2.24) is 19.7 Å². The lowest BCUT2D eigenvalue weighted by atomic mass is 9.97. The third-order valence-electron chi connectivity index (χ3n) is 4.84. The molecular formula is C18H22N6OS. The number of aromatic nitrogens is 4. The van der Waals surface area contributed by atoms with Crippen molar-refractivity contribution in [2.45, 2.75) is 26.2 Å². The van der Waals surface area contributed by atoms with Crippen molar-refractivity contribution in [3.63, 3.8) is 0 Å². The molecule has 3 aromatic rings. The van der Waals surface area contributed by atoms with E-state index in [1.807, 2.05) is 32.2 Å². The first kappa shape index (κ1) is 17.0. The Morgan fingerprint density at radius 3 is 2.96 bits per heavy atom. The fraction of sp³-hybridized carbons (Fsp3) is 0.444. The van der Waals surface area contributed by atoms with E-state index in [0.29, 0.717) is 11.7 Å². The van der Waals surface area contributed by atoms with E-state index in [9.17, 15) is 4.79 Å². The summed E-state index contributed by atoms with van der Waals surface area (Å²) in [6, 6.07) is 8.11. The van der Waals surface area contributed by atoms with E-state index in [0.717, 1.165) is 47.8 Å². The van der Waals surface area contributed by atoms with E-state index in [1.165, 1.54) is 11.3 Å². The van der Waals surface area contributed by atoms with Gasteiger partial charge in [0.25, 0.3) is 0 Å². The monoisotopic (exact) mass is 370 g/mol. The van der Waals surface area contributed by atoms with Crippen molar-refractivity contribution in [2.75, 3.05) is 23.3 Å². The molecule has 1 amide bonds. The summed E-state index contributed by atoms with van der Waals surface area (Å²) in [7, 11) is 2.03. The predicted octanol–water partition coefficient (Wildman–Crippen LogP) is 2.84. The minimum absolute atomic E-state index is 0.0206. The molecule has 1 saturated heterocycles. The molecule has 1 aliphatic rings. The smallest absolute Gasteiger partial charge is 0.231 e. The number of carbonyl (C=O) groups excluding carboxylic acids is 1. The van der Waals surface area contributed by atoms with Gasteiger partial charge in [0.05, 0.1) is 17.0 Å². The summed E-state index contributed by atoms with van der Waals surface area (Å²) < 4.78 is 2.11. The Bertz CT molecular complexity index is 933. The molecule has 1 N–H and O–H groups in total. The van der Waals surface area contributed by atoms with E-state index in [1.54, 1.807) is 0 Å². The van der Waals surface area contributed by atoms with Gasteiger partial charge in [-0.25, -0.2) is 4.98 Å². The molecule has 0 unspecified atom stereocenters. The molecule has 1 fully saturated rings. The van der Waals surface area contributed by atoms with Crippen LogP contribution in [-0.4, -0.2) is 38.7 Å². The van der Waals surface area contributed by atoms with Gasteiger partial charge in [-0.2, -0.15) is 0 Å². The van der Waals surface area contributed by atoms with Gasteiger partial charge in [0.2, 0.25) is 17.0 Å². The lowest BCUT2D eigenvalue weighted by Crippen LogP contribution is -2.41. The average Bonchev–Trinajstić information content (AvgIpc) is 3.26. The number of hydrogen-bond acceptors (Lipinski definition) is 6. The zero-order chi connectivity index (χ0) is 18.1. The van der Waals surface area contributed by atoms with E-state index in [-0.39, 0.29) is 11.8 Å². The van der Waals surface area contributed by atoms with Crippen LogP contribution < -0.4 is 10.2 Å². The van der Waals surface area contributed by atoms with Crippen LogP contribution in [0.1, 0.15) is 24.8 Å². The van der Waals surface area contributed by atoms with Crippen LogP contribution in [0.2, 0.25) is 0 Å². The van der Waals surface area contributed by atoms with E-state index in [2.05, 4.69) is 31.0 Å². The molecule has 0 bridgehead atoms. The van der Waals surface area contributed by atoms with Crippen molar-refractivity contribution < 1.29 is 4.79 Å². The van der Waals surface area contributed by atoms with Crippen LogP contribution >= 0.6 is 11.3 Å². The zero-order valence-electron chi connectivity index (χ0n) is 15.0. The summed E-state index contributed by atoms with van der Waals surface area (Å²) in [4.78, 5) is 19.7. The largest absolute Gasteiger partial charge is 0.341 e. The molecule has 0 saturated carbocycles. The van der Waals surface area contributed by atoms with Crippen LogP contribution in [0.5, 0.6) is 0 Å². The number of imidazole rings is 1. The Hall–Kier alpha value is -2.48. The van der Waals surface area contributed by atoms with Crippen molar-refractivity contribution in [1.29, 1.82) is 0 Å². The molecule has 1 aliphatic heterocycles. The van der Waals surface area contributed by atoms with Crippen LogP contribution in [0.3, 0.4) is 0 Å². The number of carbonyl (C=O) groups is 1. The minimum atomic E-state index is -0.0717. The van der Waals surface area contributed by atoms with Crippen molar-refractivity contribution in [2.24, 2.45) is 13.0 Å². The number of aryl methyl sites for hydroxylation is 2. The first-order chi connectivity index (χ1) is 12.7. The van der Waals surface area contributed by atoms with Gasteiger partial charge in [0, 0.05) is 20.1 Å². The lowest BCUT2D eigenvalue weighted by Gasteiger charge is -2.32. The number of amides is 1. The summed E-state index contributed by atoms with van der Waals surface area (Å²) in [5.41, 5.74) is 2.09. The second kappa shape index (κ2) is 7.03. The second-order valence-corrected chi connectivity index (χ2v) is 7.65. The number of hydrogen-bond donors (Lipinski definition) is 1. The van der Waals surface area contributed by atoms with Crippen LogP contribution in [0.15, 0.2) is 24.3 Å². The Kier molecular flexibility index (Phi) is 4.58. The number of anilines is 2. The fourth-order valence-corrected chi connectivity index (χ4v) is 4.13. The fourth-order valence-electron chi connectivity index (χ4n) is 3.44. The normalized spacial score (nSPS) is 17.6. The molecule has 136 valence electrons. The van der Waals surface area contributed by atoms with Gasteiger partial charge in [0.1, 0.15) is 5.01 Å². The van der Waals surface area contributed by atoms with E-state index >= 15 is 0 Å². The maximum Gasteiger partial charge on any atom is 0.231 e. The van der Waals surface area contributed by atoms with Gasteiger partial charge in [0.15, 0.2) is 0 Å². The third-order valence-corrected chi connectivity index (χ3v) is 5.82. The molecule has 2 aromatic heterocycles. The quantitative estimate of drug-likeness (QED) is 0.764. The number of para-hydroxylation sites is 2. The maximum absolute atomic E-state index is 12.7. The molecule has 3 heterocycles. The van der Waals surface area contributed by atoms with E-state index < -0.39 is 0 Å². The zero-order valence-corrected chi connectivity index (χ0v) is 15.8. The maximum atomic E-state index is 12.7. The van der Waals surface area contributed by atoms with Gasteiger partial charge < -0.3 is 14.8 Å². The number of benzene rings is 1. The Morgan fingerprint density at radius 2 is 2.19 bits per heavy atom. The second-order valence-electron chi connectivity index (χ2n) is 6.59. The molecule has 0 spiro atoms. The van der Waals surface area contributed by atoms with Crippen molar-refractivity contribution >= 4 is 39.4 Å². The highest BCUT2D eigenvalue weighted by Gasteiger charge is 2.28. The minimum Gasteiger partial charge on any atom is -0.341 e. The van der Waals surface area contributed by atoms with Gasteiger partial charge in [-0.1, -0.05) is 30.4 Å². The highest BCUT2D eigenvalue weighted by molar-refractivity contribution is 7.15. The molecule has 1 aromatic carbocycles. The summed E-state index contributed by atoms with van der Waals surface area (Å²) in [6.45, 7) is 3.62.